The fourth-order valence-corrected chi connectivity index (χ4v) is 2.39. The van der Waals surface area contributed by atoms with Crippen LogP contribution in [0.25, 0.3) is 11.3 Å². The fraction of sp³-hybridized carbons (Fsp3) is 0.286. The Morgan fingerprint density at radius 1 is 0.938 bits per heavy atom. The predicted molar refractivity (Wildman–Crippen MR) is 64.1 cm³/mol. The molecule has 0 spiro atoms. The van der Waals surface area contributed by atoms with Gasteiger partial charge in [0.05, 0.1) is 11.9 Å². The molecule has 3 rings (SSSR count). The molecular weight excluding hydrogens is 196 g/mol. The number of hydrogen-bond acceptors (Lipinski definition) is 2. The average molecular weight is 210 g/mol. The van der Waals surface area contributed by atoms with Crippen molar-refractivity contribution in [3.05, 3.63) is 47.7 Å². The molecule has 0 saturated heterocycles. The molecule has 0 N–H and O–H groups in total. The van der Waals surface area contributed by atoms with Crippen LogP contribution >= 0.6 is 0 Å². The second-order valence-corrected chi connectivity index (χ2v) is 4.27. The van der Waals surface area contributed by atoms with Crippen molar-refractivity contribution in [3.8, 4) is 11.3 Å². The van der Waals surface area contributed by atoms with E-state index in [1.54, 1.807) is 0 Å². The number of hydrogen-bond donors (Lipinski definition) is 0. The third-order valence-electron chi connectivity index (χ3n) is 3.21. The molecule has 1 heterocycles. The van der Waals surface area contributed by atoms with E-state index in [1.807, 2.05) is 12.3 Å². The highest BCUT2D eigenvalue weighted by atomic mass is 15.1. The summed E-state index contributed by atoms with van der Waals surface area (Å²) in [6, 6.07) is 10.4. The van der Waals surface area contributed by atoms with Crippen molar-refractivity contribution >= 4 is 0 Å². The molecule has 0 radical (unpaired) electrons. The summed E-state index contributed by atoms with van der Waals surface area (Å²) in [6.45, 7) is 0. The lowest BCUT2D eigenvalue weighted by atomic mass is 9.90. The van der Waals surface area contributed by atoms with Crippen molar-refractivity contribution < 1.29 is 0 Å². The standard InChI is InChI=1S/C14H14N2/c1-2-6-11(7-3-1)14-13-9-5-4-8-12(13)10-15-16-14/h1-3,6-7,10H,4-5,8-9H2. The molecule has 0 atom stereocenters. The summed E-state index contributed by atoms with van der Waals surface area (Å²) in [7, 11) is 0. The maximum atomic E-state index is 4.31. The first-order valence-electron chi connectivity index (χ1n) is 5.84. The maximum Gasteiger partial charge on any atom is 0.0964 e. The molecular formula is C14H14N2. The van der Waals surface area contributed by atoms with E-state index >= 15 is 0 Å². The first-order chi connectivity index (χ1) is 7.95. The Labute approximate surface area is 95.4 Å². The zero-order chi connectivity index (χ0) is 10.8. The van der Waals surface area contributed by atoms with Crippen LogP contribution < -0.4 is 0 Å². The van der Waals surface area contributed by atoms with Gasteiger partial charge in [0, 0.05) is 5.56 Å². The molecule has 0 aliphatic heterocycles. The second kappa shape index (κ2) is 4.05. The summed E-state index contributed by atoms with van der Waals surface area (Å²) < 4.78 is 0. The van der Waals surface area contributed by atoms with Crippen LogP contribution in [0.15, 0.2) is 36.5 Å². The van der Waals surface area contributed by atoms with Gasteiger partial charge >= 0.3 is 0 Å². The van der Waals surface area contributed by atoms with E-state index in [4.69, 9.17) is 0 Å². The fourth-order valence-electron chi connectivity index (χ4n) is 2.39. The Morgan fingerprint density at radius 3 is 2.62 bits per heavy atom. The Bertz CT molecular complexity index is 491. The number of fused-ring (bicyclic) bond motifs is 1. The van der Waals surface area contributed by atoms with Gasteiger partial charge in [0.2, 0.25) is 0 Å². The number of benzene rings is 1. The highest BCUT2D eigenvalue weighted by Gasteiger charge is 2.15. The Balaban J connectivity index is 2.14. The molecule has 2 aromatic rings. The van der Waals surface area contributed by atoms with Crippen LogP contribution in [0.1, 0.15) is 24.0 Å². The van der Waals surface area contributed by atoms with Crippen LogP contribution in [0.3, 0.4) is 0 Å². The lowest BCUT2D eigenvalue weighted by molar-refractivity contribution is 0.676. The van der Waals surface area contributed by atoms with E-state index in [-0.39, 0.29) is 0 Å². The van der Waals surface area contributed by atoms with Gasteiger partial charge in [0.1, 0.15) is 0 Å². The summed E-state index contributed by atoms with van der Waals surface area (Å²) in [5, 5.41) is 8.44. The molecule has 0 amide bonds. The molecule has 1 aromatic heterocycles. The second-order valence-electron chi connectivity index (χ2n) is 4.27. The molecule has 2 nitrogen and oxygen atoms in total. The minimum absolute atomic E-state index is 1.08. The zero-order valence-corrected chi connectivity index (χ0v) is 9.19. The van der Waals surface area contributed by atoms with Gasteiger partial charge in [0.15, 0.2) is 0 Å². The van der Waals surface area contributed by atoms with Crippen LogP contribution in [-0.4, -0.2) is 10.2 Å². The van der Waals surface area contributed by atoms with Gasteiger partial charge in [-0.25, -0.2) is 0 Å². The maximum absolute atomic E-state index is 4.31. The van der Waals surface area contributed by atoms with Gasteiger partial charge in [-0.05, 0) is 36.8 Å². The van der Waals surface area contributed by atoms with Crippen LogP contribution in [0.4, 0.5) is 0 Å². The quantitative estimate of drug-likeness (QED) is 0.723. The largest absolute Gasteiger partial charge is 0.158 e. The zero-order valence-electron chi connectivity index (χ0n) is 9.19. The molecule has 0 saturated carbocycles. The summed E-state index contributed by atoms with van der Waals surface area (Å²) in [4.78, 5) is 0. The van der Waals surface area contributed by atoms with Crippen LogP contribution in [-0.2, 0) is 12.8 Å². The van der Waals surface area contributed by atoms with E-state index in [0.717, 1.165) is 18.5 Å². The number of rotatable bonds is 1. The van der Waals surface area contributed by atoms with Gasteiger partial charge in [-0.15, -0.1) is 0 Å². The summed E-state index contributed by atoms with van der Waals surface area (Å²) >= 11 is 0. The SMILES string of the molecule is c1ccc(-c2nncc3c2CCCC3)cc1. The number of nitrogens with zero attached hydrogens (tertiary/aromatic N) is 2. The molecule has 16 heavy (non-hydrogen) atoms. The number of aromatic nitrogens is 2. The molecule has 80 valence electrons. The molecule has 0 fully saturated rings. The van der Waals surface area contributed by atoms with Crippen molar-refractivity contribution in [2.24, 2.45) is 0 Å². The minimum Gasteiger partial charge on any atom is -0.158 e. The predicted octanol–water partition coefficient (Wildman–Crippen LogP) is 3.02. The Morgan fingerprint density at radius 2 is 1.75 bits per heavy atom. The van der Waals surface area contributed by atoms with Crippen LogP contribution in [0.5, 0.6) is 0 Å². The summed E-state index contributed by atoms with van der Waals surface area (Å²) in [5.74, 6) is 0. The molecule has 1 aromatic carbocycles. The smallest absolute Gasteiger partial charge is 0.0964 e. The van der Waals surface area contributed by atoms with Gasteiger partial charge in [-0.3, -0.25) is 0 Å². The highest BCUT2D eigenvalue weighted by molar-refractivity contribution is 5.64. The van der Waals surface area contributed by atoms with Crippen molar-refractivity contribution in [1.29, 1.82) is 0 Å². The first-order valence-corrected chi connectivity index (χ1v) is 5.84. The Kier molecular flexibility index (Phi) is 2.41. The third-order valence-corrected chi connectivity index (χ3v) is 3.21. The average Bonchev–Trinajstić information content (AvgIpc) is 2.39. The van der Waals surface area contributed by atoms with E-state index < -0.39 is 0 Å². The van der Waals surface area contributed by atoms with Gasteiger partial charge in [0.25, 0.3) is 0 Å². The molecule has 1 aliphatic rings. The molecule has 2 heteroatoms. The van der Waals surface area contributed by atoms with Gasteiger partial charge < -0.3 is 0 Å². The monoisotopic (exact) mass is 210 g/mol. The lowest BCUT2D eigenvalue weighted by Crippen LogP contribution is -2.07. The lowest BCUT2D eigenvalue weighted by Gasteiger charge is -2.17. The van der Waals surface area contributed by atoms with Crippen molar-refractivity contribution in [2.45, 2.75) is 25.7 Å². The van der Waals surface area contributed by atoms with Crippen molar-refractivity contribution in [2.75, 3.05) is 0 Å². The van der Waals surface area contributed by atoms with Gasteiger partial charge in [-0.1, -0.05) is 30.3 Å². The van der Waals surface area contributed by atoms with E-state index in [2.05, 4.69) is 34.5 Å². The minimum atomic E-state index is 1.08. The molecule has 0 bridgehead atoms. The topological polar surface area (TPSA) is 25.8 Å². The molecule has 1 aliphatic carbocycles. The Hall–Kier alpha value is -1.70. The first kappa shape index (κ1) is 9.52. The third kappa shape index (κ3) is 1.60. The summed E-state index contributed by atoms with van der Waals surface area (Å²) in [5.41, 5.74) is 5.07. The van der Waals surface area contributed by atoms with Crippen molar-refractivity contribution in [1.82, 2.24) is 10.2 Å². The number of aryl methyl sites for hydroxylation is 1. The summed E-state index contributed by atoms with van der Waals surface area (Å²) in [6.07, 6.45) is 6.80. The van der Waals surface area contributed by atoms with E-state index in [1.165, 1.54) is 29.5 Å². The molecule has 0 unspecified atom stereocenters. The van der Waals surface area contributed by atoms with E-state index in [9.17, 15) is 0 Å². The van der Waals surface area contributed by atoms with E-state index in [0.29, 0.717) is 0 Å². The highest BCUT2D eigenvalue weighted by Crippen LogP contribution is 2.28. The van der Waals surface area contributed by atoms with Crippen LogP contribution in [0.2, 0.25) is 0 Å². The normalized spacial score (nSPS) is 14.5. The van der Waals surface area contributed by atoms with Gasteiger partial charge in [-0.2, -0.15) is 10.2 Å². The van der Waals surface area contributed by atoms with Crippen molar-refractivity contribution in [3.63, 3.8) is 0 Å². The van der Waals surface area contributed by atoms with Crippen LogP contribution in [0, 0.1) is 0 Å².